The van der Waals surface area contributed by atoms with Gasteiger partial charge in [-0.25, -0.2) is 4.39 Å². The normalized spacial score (nSPS) is 14.7. The zero-order valence-electron chi connectivity index (χ0n) is 19.8. The summed E-state index contributed by atoms with van der Waals surface area (Å²) in [4.78, 5) is 13.4. The Bertz CT molecular complexity index is 1260. The number of nitrogens with one attached hydrogen (secondary N) is 3. The van der Waals surface area contributed by atoms with Crippen molar-refractivity contribution in [3.05, 3.63) is 89.1 Å². The monoisotopic (exact) mass is 528 g/mol. The highest BCUT2D eigenvalue weighted by Crippen LogP contribution is 2.33. The molecule has 3 aromatic carbocycles. The molecule has 188 valence electrons. The summed E-state index contributed by atoms with van der Waals surface area (Å²) < 4.78 is 27.8. The lowest BCUT2D eigenvalue weighted by Crippen LogP contribution is -2.33. The van der Waals surface area contributed by atoms with Crippen LogP contribution in [0.25, 0.3) is 0 Å². The topological polar surface area (TPSA) is 74.9 Å². The van der Waals surface area contributed by atoms with Gasteiger partial charge in [0.05, 0.1) is 31.2 Å². The van der Waals surface area contributed by atoms with E-state index in [4.69, 9.17) is 21.1 Å². The number of anilines is 2. The minimum absolute atomic E-state index is 0.152. The van der Waals surface area contributed by atoms with E-state index in [9.17, 15) is 9.18 Å². The number of amides is 1. The van der Waals surface area contributed by atoms with Crippen LogP contribution in [0.1, 0.15) is 11.1 Å². The molecule has 1 unspecified atom stereocenters. The predicted octanol–water partition coefficient (Wildman–Crippen LogP) is 5.47. The molecule has 36 heavy (non-hydrogen) atoms. The molecule has 10 heteroatoms. The van der Waals surface area contributed by atoms with Crippen LogP contribution in [-0.4, -0.2) is 26.4 Å². The van der Waals surface area contributed by atoms with Gasteiger partial charge in [-0.05, 0) is 53.9 Å². The third-order valence-electron chi connectivity index (χ3n) is 5.42. The Balaban J connectivity index is 1.49. The predicted molar refractivity (Wildman–Crippen MR) is 142 cm³/mol. The molecule has 0 aromatic heterocycles. The van der Waals surface area contributed by atoms with Crippen LogP contribution >= 0.6 is 23.5 Å². The molecule has 0 aliphatic carbocycles. The van der Waals surface area contributed by atoms with Crippen molar-refractivity contribution < 1.29 is 18.7 Å². The van der Waals surface area contributed by atoms with Crippen LogP contribution in [0.2, 0.25) is 5.02 Å². The summed E-state index contributed by atoms with van der Waals surface area (Å²) in [5, 5.41) is 5.08. The van der Waals surface area contributed by atoms with Gasteiger partial charge in [-0.3, -0.25) is 14.5 Å². The minimum Gasteiger partial charge on any atom is -0.497 e. The summed E-state index contributed by atoms with van der Waals surface area (Å²) in [7, 11) is 3.21. The summed E-state index contributed by atoms with van der Waals surface area (Å²) in [6, 6.07) is 18.3. The number of halogens is 2. The molecule has 0 fully saturated rings. The third-order valence-corrected chi connectivity index (χ3v) is 6.62. The van der Waals surface area contributed by atoms with E-state index in [1.165, 1.54) is 18.0 Å². The maximum absolute atomic E-state index is 13.7. The zero-order valence-corrected chi connectivity index (χ0v) is 21.3. The Kier molecular flexibility index (Phi) is 8.71. The van der Waals surface area contributed by atoms with Crippen LogP contribution in [0, 0.1) is 0 Å². The Labute approximate surface area is 218 Å². The van der Waals surface area contributed by atoms with E-state index in [-0.39, 0.29) is 12.3 Å². The van der Waals surface area contributed by atoms with E-state index in [0.29, 0.717) is 28.8 Å². The molecule has 1 heterocycles. The molecule has 3 N–H and O–H groups in total. The number of hydrazine groups is 1. The lowest BCUT2D eigenvalue weighted by atomic mass is 10.1. The van der Waals surface area contributed by atoms with Crippen LogP contribution in [0.15, 0.2) is 77.8 Å². The number of carbonyl (C=O) groups is 1. The van der Waals surface area contributed by atoms with Crippen LogP contribution in [0.3, 0.4) is 0 Å². The van der Waals surface area contributed by atoms with Crippen LogP contribution in [0.5, 0.6) is 11.5 Å². The molecule has 0 radical (unpaired) electrons. The maximum atomic E-state index is 13.7. The Morgan fingerprint density at radius 2 is 1.94 bits per heavy atom. The van der Waals surface area contributed by atoms with Crippen molar-refractivity contribution in [3.8, 4) is 11.5 Å². The number of benzene rings is 3. The molecule has 1 atom stereocenters. The molecule has 4 rings (SSSR count). The number of hydrogen-bond acceptors (Lipinski definition) is 7. The van der Waals surface area contributed by atoms with Gasteiger partial charge in [0.2, 0.25) is 5.91 Å². The Hall–Kier alpha value is -3.24. The van der Waals surface area contributed by atoms with Gasteiger partial charge in [0, 0.05) is 35.1 Å². The molecule has 0 spiro atoms. The second-order valence-corrected chi connectivity index (χ2v) is 9.18. The summed E-state index contributed by atoms with van der Waals surface area (Å²) in [5.74, 6) is 1.22. The standard InChI is InChI=1S/C26H26ClFN4O3S/c1-34-20-9-7-18(23(15-20)35-2)16-29-36-24-14-19(8-10-22(24)32-12-11-25(28)31-32)30-26(33)13-17-5-3-4-6-21(17)27/h3-12,14-15,25,29,31H,13,16H2,1-2H3,(H,30,33). The van der Waals surface area contributed by atoms with E-state index >= 15 is 0 Å². The third kappa shape index (κ3) is 6.50. The van der Waals surface area contributed by atoms with Gasteiger partial charge in [0.25, 0.3) is 0 Å². The fourth-order valence-corrected chi connectivity index (χ4v) is 4.66. The van der Waals surface area contributed by atoms with E-state index < -0.39 is 6.30 Å². The van der Waals surface area contributed by atoms with Gasteiger partial charge in [-0.1, -0.05) is 35.9 Å². The minimum atomic E-state index is -1.27. The summed E-state index contributed by atoms with van der Waals surface area (Å²) in [6.07, 6.45) is 1.93. The van der Waals surface area contributed by atoms with Crippen molar-refractivity contribution in [1.29, 1.82) is 0 Å². The summed E-state index contributed by atoms with van der Waals surface area (Å²) >= 11 is 7.55. The van der Waals surface area contributed by atoms with E-state index in [2.05, 4.69) is 15.5 Å². The Morgan fingerprint density at radius 3 is 2.67 bits per heavy atom. The summed E-state index contributed by atoms with van der Waals surface area (Å²) in [6.45, 7) is 0.495. The number of alkyl halides is 1. The highest BCUT2D eigenvalue weighted by Gasteiger charge is 2.19. The Morgan fingerprint density at radius 1 is 1.11 bits per heavy atom. The van der Waals surface area contributed by atoms with Crippen LogP contribution in [0.4, 0.5) is 15.8 Å². The van der Waals surface area contributed by atoms with Gasteiger partial charge < -0.3 is 14.8 Å². The van der Waals surface area contributed by atoms with E-state index in [1.54, 1.807) is 37.6 Å². The molecule has 0 saturated heterocycles. The quantitative estimate of drug-likeness (QED) is 0.238. The number of carbonyl (C=O) groups excluding carboxylic acids is 1. The second-order valence-electron chi connectivity index (χ2n) is 7.84. The largest absolute Gasteiger partial charge is 0.497 e. The van der Waals surface area contributed by atoms with Crippen molar-refractivity contribution in [2.45, 2.75) is 24.2 Å². The van der Waals surface area contributed by atoms with E-state index in [0.717, 1.165) is 21.7 Å². The second kappa shape index (κ2) is 12.1. The first-order valence-corrected chi connectivity index (χ1v) is 12.3. The van der Waals surface area contributed by atoms with Crippen molar-refractivity contribution in [3.63, 3.8) is 0 Å². The SMILES string of the molecule is COc1ccc(CNSc2cc(NC(=O)Cc3ccccc3Cl)ccc2N2C=CC(F)N2)c(OC)c1. The van der Waals surface area contributed by atoms with Crippen molar-refractivity contribution >= 4 is 40.8 Å². The van der Waals surface area contributed by atoms with Gasteiger partial charge in [0.1, 0.15) is 11.5 Å². The molecule has 1 aliphatic heterocycles. The molecule has 1 aliphatic rings. The molecule has 1 amide bonds. The molecule has 0 bridgehead atoms. The average Bonchev–Trinajstić information content (AvgIpc) is 3.31. The molecule has 3 aromatic rings. The van der Waals surface area contributed by atoms with E-state index in [1.807, 2.05) is 48.5 Å². The lowest BCUT2D eigenvalue weighted by Gasteiger charge is -2.21. The van der Waals surface area contributed by atoms with Gasteiger partial charge in [0.15, 0.2) is 6.30 Å². The molecule has 0 saturated carbocycles. The average molecular weight is 529 g/mol. The zero-order chi connectivity index (χ0) is 25.5. The van der Waals surface area contributed by atoms with Gasteiger partial charge in [-0.2, -0.15) is 5.43 Å². The molecular formula is C26H26ClFN4O3S. The number of nitrogens with zero attached hydrogens (tertiary/aromatic N) is 1. The smallest absolute Gasteiger partial charge is 0.228 e. The first-order chi connectivity index (χ1) is 17.5. The molecular weight excluding hydrogens is 503 g/mol. The van der Waals surface area contributed by atoms with Crippen molar-refractivity contribution in [1.82, 2.24) is 10.1 Å². The van der Waals surface area contributed by atoms with Crippen LogP contribution < -0.4 is 29.9 Å². The molecule has 7 nitrogen and oxygen atoms in total. The van der Waals surface area contributed by atoms with Crippen molar-refractivity contribution in [2.24, 2.45) is 0 Å². The number of rotatable bonds is 10. The highest BCUT2D eigenvalue weighted by atomic mass is 35.5. The fourth-order valence-electron chi connectivity index (χ4n) is 3.61. The van der Waals surface area contributed by atoms with Crippen molar-refractivity contribution in [2.75, 3.05) is 24.5 Å². The van der Waals surface area contributed by atoms with Gasteiger partial charge >= 0.3 is 0 Å². The van der Waals surface area contributed by atoms with Gasteiger partial charge in [-0.15, -0.1) is 0 Å². The maximum Gasteiger partial charge on any atom is 0.228 e. The first kappa shape index (κ1) is 25.8. The summed E-state index contributed by atoms with van der Waals surface area (Å²) in [5.41, 5.74) is 5.76. The lowest BCUT2D eigenvalue weighted by molar-refractivity contribution is -0.115. The number of methoxy groups -OCH3 is 2. The number of hydrogen-bond donors (Lipinski definition) is 3. The van der Waals surface area contributed by atoms with Crippen LogP contribution in [-0.2, 0) is 17.8 Å². The fraction of sp³-hybridized carbons (Fsp3) is 0.192. The highest BCUT2D eigenvalue weighted by molar-refractivity contribution is 7.97. The number of ether oxygens (including phenoxy) is 2. The first-order valence-electron chi connectivity index (χ1n) is 11.1.